The monoisotopic (exact) mass is 350 g/mol. The van der Waals surface area contributed by atoms with E-state index in [0.717, 1.165) is 56.0 Å². The summed E-state index contributed by atoms with van der Waals surface area (Å²) < 4.78 is 7.45. The van der Waals surface area contributed by atoms with E-state index < -0.39 is 0 Å². The van der Waals surface area contributed by atoms with Gasteiger partial charge in [0.15, 0.2) is 10.9 Å². The summed E-state index contributed by atoms with van der Waals surface area (Å²) in [6.07, 6.45) is 4.06. The molecule has 24 heavy (non-hydrogen) atoms. The van der Waals surface area contributed by atoms with Crippen LogP contribution in [0, 0.1) is 0 Å². The summed E-state index contributed by atoms with van der Waals surface area (Å²) in [5.41, 5.74) is 0.986. The molecule has 8 heteroatoms. The van der Waals surface area contributed by atoms with Crippen molar-refractivity contribution in [1.29, 1.82) is 0 Å². The van der Waals surface area contributed by atoms with Gasteiger partial charge in [-0.2, -0.15) is 0 Å². The van der Waals surface area contributed by atoms with Gasteiger partial charge in [0.2, 0.25) is 0 Å². The number of aliphatic imine (C=N–C) groups is 1. The molecule has 0 amide bonds. The van der Waals surface area contributed by atoms with Crippen LogP contribution in [0.25, 0.3) is 4.96 Å². The molecule has 0 bridgehead atoms. The van der Waals surface area contributed by atoms with Crippen molar-refractivity contribution in [1.82, 2.24) is 24.9 Å². The van der Waals surface area contributed by atoms with E-state index in [0.29, 0.717) is 12.6 Å². The van der Waals surface area contributed by atoms with Crippen LogP contribution >= 0.6 is 11.3 Å². The number of fused-ring (bicyclic) bond motifs is 1. The number of rotatable bonds is 6. The maximum atomic E-state index is 5.41. The highest BCUT2D eigenvalue weighted by Crippen LogP contribution is 2.11. The maximum absolute atomic E-state index is 5.41. The first-order chi connectivity index (χ1) is 11.8. The molecule has 2 N–H and O–H groups in total. The molecule has 1 aliphatic rings. The van der Waals surface area contributed by atoms with Crippen LogP contribution in [0.1, 0.15) is 19.5 Å². The zero-order chi connectivity index (χ0) is 16.8. The van der Waals surface area contributed by atoms with E-state index in [9.17, 15) is 0 Å². The van der Waals surface area contributed by atoms with Gasteiger partial charge in [-0.05, 0) is 13.8 Å². The average molecular weight is 350 g/mol. The summed E-state index contributed by atoms with van der Waals surface area (Å²) in [6, 6.07) is 0.454. The van der Waals surface area contributed by atoms with Crippen LogP contribution in [-0.2, 0) is 11.3 Å². The van der Waals surface area contributed by atoms with E-state index in [1.54, 1.807) is 11.3 Å². The van der Waals surface area contributed by atoms with Crippen LogP contribution in [-0.4, -0.2) is 65.7 Å². The predicted octanol–water partition coefficient (Wildman–Crippen LogP) is 1.17. The largest absolute Gasteiger partial charge is 0.379 e. The molecule has 0 radical (unpaired) electrons. The molecule has 1 unspecified atom stereocenters. The lowest BCUT2D eigenvalue weighted by atomic mass is 10.2. The van der Waals surface area contributed by atoms with Crippen molar-refractivity contribution in [3.63, 3.8) is 0 Å². The van der Waals surface area contributed by atoms with Crippen molar-refractivity contribution in [2.75, 3.05) is 39.4 Å². The van der Waals surface area contributed by atoms with Gasteiger partial charge in [-0.1, -0.05) is 0 Å². The number of imidazole rings is 1. The number of aromatic nitrogens is 2. The van der Waals surface area contributed by atoms with Gasteiger partial charge in [-0.15, -0.1) is 11.3 Å². The number of nitrogens with zero attached hydrogens (tertiary/aromatic N) is 4. The number of hydrogen-bond donors (Lipinski definition) is 2. The van der Waals surface area contributed by atoms with Crippen molar-refractivity contribution in [2.45, 2.75) is 26.4 Å². The van der Waals surface area contributed by atoms with Crippen molar-refractivity contribution in [3.8, 4) is 0 Å². The fraction of sp³-hybridized carbons (Fsp3) is 0.625. The third-order valence-corrected chi connectivity index (χ3v) is 4.89. The van der Waals surface area contributed by atoms with Crippen LogP contribution in [0.2, 0.25) is 0 Å². The molecular weight excluding hydrogens is 324 g/mol. The fourth-order valence-corrected chi connectivity index (χ4v) is 3.46. The summed E-state index contributed by atoms with van der Waals surface area (Å²) in [4.78, 5) is 12.7. The second-order valence-electron chi connectivity index (χ2n) is 5.90. The van der Waals surface area contributed by atoms with Crippen LogP contribution < -0.4 is 10.6 Å². The Bertz CT molecular complexity index is 632. The third-order valence-electron chi connectivity index (χ3n) is 4.12. The van der Waals surface area contributed by atoms with Crippen molar-refractivity contribution >= 4 is 22.3 Å². The first-order valence-electron chi connectivity index (χ1n) is 8.51. The van der Waals surface area contributed by atoms with Gasteiger partial charge in [-0.25, -0.2) is 9.98 Å². The minimum absolute atomic E-state index is 0.454. The van der Waals surface area contributed by atoms with E-state index in [1.807, 2.05) is 22.2 Å². The predicted molar refractivity (Wildman–Crippen MR) is 97.7 cm³/mol. The molecule has 0 saturated carbocycles. The summed E-state index contributed by atoms with van der Waals surface area (Å²) in [5, 5.41) is 8.78. The highest BCUT2D eigenvalue weighted by molar-refractivity contribution is 7.15. The Kier molecular flexibility index (Phi) is 6.06. The lowest BCUT2D eigenvalue weighted by molar-refractivity contribution is 0.0211. The number of morpholine rings is 1. The second-order valence-corrected chi connectivity index (χ2v) is 6.77. The average Bonchev–Trinajstić information content (AvgIpc) is 3.19. The zero-order valence-electron chi connectivity index (χ0n) is 14.4. The molecule has 0 spiro atoms. The molecule has 1 aliphatic heterocycles. The van der Waals surface area contributed by atoms with Gasteiger partial charge in [0.05, 0.1) is 25.5 Å². The second kappa shape index (κ2) is 8.46. The number of nitrogens with one attached hydrogen (secondary N) is 2. The van der Waals surface area contributed by atoms with Gasteiger partial charge in [0.25, 0.3) is 0 Å². The molecule has 1 atom stereocenters. The first-order valence-corrected chi connectivity index (χ1v) is 9.39. The molecule has 3 heterocycles. The number of thiazole rings is 1. The molecule has 0 aliphatic carbocycles. The van der Waals surface area contributed by atoms with E-state index in [1.165, 1.54) is 0 Å². The Morgan fingerprint density at radius 3 is 3.00 bits per heavy atom. The molecule has 2 aromatic heterocycles. The Labute approximate surface area is 146 Å². The summed E-state index contributed by atoms with van der Waals surface area (Å²) in [7, 11) is 0. The molecule has 7 nitrogen and oxygen atoms in total. The SMILES string of the molecule is CCNC(=NCc1cn2ccsc2n1)NCC(C)N1CCOCC1. The van der Waals surface area contributed by atoms with Crippen molar-refractivity contribution < 1.29 is 4.74 Å². The van der Waals surface area contributed by atoms with Gasteiger partial charge < -0.3 is 15.4 Å². The zero-order valence-corrected chi connectivity index (χ0v) is 15.2. The Hall–Kier alpha value is -1.64. The molecule has 2 aromatic rings. The minimum Gasteiger partial charge on any atom is -0.379 e. The normalized spacial score (nSPS) is 18.0. The van der Waals surface area contributed by atoms with E-state index in [2.05, 4.69) is 39.4 Å². The van der Waals surface area contributed by atoms with E-state index in [-0.39, 0.29) is 0 Å². The molecule has 3 rings (SSSR count). The minimum atomic E-state index is 0.454. The number of hydrogen-bond acceptors (Lipinski definition) is 5. The quantitative estimate of drug-likeness (QED) is 0.605. The Balaban J connectivity index is 1.53. The standard InChI is InChI=1S/C16H26N6OS/c1-3-17-15(18-10-13(2)21-4-7-23-8-5-21)19-11-14-12-22-6-9-24-16(22)20-14/h6,9,12-13H,3-5,7-8,10-11H2,1-2H3,(H2,17,18,19). The first kappa shape index (κ1) is 17.2. The summed E-state index contributed by atoms with van der Waals surface area (Å²) in [5.74, 6) is 0.842. The molecule has 132 valence electrons. The highest BCUT2D eigenvalue weighted by Gasteiger charge is 2.17. The fourth-order valence-electron chi connectivity index (χ4n) is 2.75. The number of ether oxygens (including phenoxy) is 1. The topological polar surface area (TPSA) is 66.2 Å². The highest BCUT2D eigenvalue weighted by atomic mass is 32.1. The third kappa shape index (κ3) is 4.46. The molecular formula is C16H26N6OS. The molecule has 1 fully saturated rings. The van der Waals surface area contributed by atoms with Crippen LogP contribution in [0.4, 0.5) is 0 Å². The van der Waals surface area contributed by atoms with Crippen LogP contribution in [0.15, 0.2) is 22.8 Å². The maximum Gasteiger partial charge on any atom is 0.193 e. The molecule has 0 aromatic carbocycles. The Morgan fingerprint density at radius 2 is 2.25 bits per heavy atom. The van der Waals surface area contributed by atoms with Gasteiger partial charge in [-0.3, -0.25) is 9.30 Å². The summed E-state index contributed by atoms with van der Waals surface area (Å²) in [6.45, 7) is 10.3. The van der Waals surface area contributed by atoms with E-state index >= 15 is 0 Å². The van der Waals surface area contributed by atoms with Gasteiger partial charge >= 0.3 is 0 Å². The lowest BCUT2D eigenvalue weighted by Crippen LogP contribution is -2.49. The van der Waals surface area contributed by atoms with Gasteiger partial charge in [0.1, 0.15) is 0 Å². The van der Waals surface area contributed by atoms with Crippen molar-refractivity contribution in [3.05, 3.63) is 23.5 Å². The van der Waals surface area contributed by atoms with Gasteiger partial charge in [0, 0.05) is 50.0 Å². The van der Waals surface area contributed by atoms with Crippen LogP contribution in [0.3, 0.4) is 0 Å². The van der Waals surface area contributed by atoms with Crippen molar-refractivity contribution in [2.24, 2.45) is 4.99 Å². The number of guanidine groups is 1. The smallest absolute Gasteiger partial charge is 0.193 e. The lowest BCUT2D eigenvalue weighted by Gasteiger charge is -2.32. The van der Waals surface area contributed by atoms with E-state index in [4.69, 9.17) is 4.74 Å². The summed E-state index contributed by atoms with van der Waals surface area (Å²) >= 11 is 1.64. The Morgan fingerprint density at radius 1 is 1.42 bits per heavy atom. The van der Waals surface area contributed by atoms with Crippen LogP contribution in [0.5, 0.6) is 0 Å². The molecule has 1 saturated heterocycles.